The number of nitrogens with zero attached hydrogens (tertiary/aromatic N) is 1. The molecule has 1 N–H and O–H groups in total. The predicted molar refractivity (Wildman–Crippen MR) is 121 cm³/mol. The van der Waals surface area contributed by atoms with Gasteiger partial charge in [-0.3, -0.25) is 19.3 Å². The fourth-order valence-corrected chi connectivity index (χ4v) is 4.14. The van der Waals surface area contributed by atoms with Crippen molar-refractivity contribution < 1.29 is 14.4 Å². The molecule has 148 valence electrons. The molecule has 0 saturated carbocycles. The molecule has 0 aromatic heterocycles. The van der Waals surface area contributed by atoms with E-state index in [1.54, 1.807) is 36.4 Å². The van der Waals surface area contributed by atoms with E-state index in [1.165, 1.54) is 23.6 Å². The summed E-state index contributed by atoms with van der Waals surface area (Å²) in [5.74, 6) is -0.523. The van der Waals surface area contributed by atoms with Crippen molar-refractivity contribution in [3.05, 3.63) is 69.6 Å². The van der Waals surface area contributed by atoms with Gasteiger partial charge < -0.3 is 5.32 Å². The smallest absolute Gasteiger partial charge is 0.266 e. The number of Topliss-reactive ketones (excluding diaryl/α,β-unsaturated/α-hetero) is 1. The fraction of sp³-hybridized carbons (Fsp3) is 0.143. The van der Waals surface area contributed by atoms with E-state index in [9.17, 15) is 14.4 Å². The molecular formula is C21H17ClN2O3S2. The van der Waals surface area contributed by atoms with Gasteiger partial charge in [-0.2, -0.15) is 0 Å². The normalized spacial score (nSPS) is 15.1. The number of rotatable bonds is 6. The molecule has 0 bridgehead atoms. The Morgan fingerprint density at radius 1 is 1.17 bits per heavy atom. The summed E-state index contributed by atoms with van der Waals surface area (Å²) in [7, 11) is 0. The molecule has 1 fully saturated rings. The number of benzene rings is 2. The molecule has 2 aromatic carbocycles. The average molecular weight is 445 g/mol. The largest absolute Gasteiger partial charge is 0.326 e. The van der Waals surface area contributed by atoms with Crippen molar-refractivity contribution in [1.82, 2.24) is 4.90 Å². The molecular weight excluding hydrogens is 428 g/mol. The van der Waals surface area contributed by atoms with Crippen molar-refractivity contribution in [3.63, 3.8) is 0 Å². The maximum Gasteiger partial charge on any atom is 0.266 e. The van der Waals surface area contributed by atoms with E-state index in [0.717, 1.165) is 5.56 Å². The van der Waals surface area contributed by atoms with Gasteiger partial charge in [-0.25, -0.2) is 0 Å². The first-order valence-electron chi connectivity index (χ1n) is 8.76. The van der Waals surface area contributed by atoms with Gasteiger partial charge in [0.05, 0.1) is 4.91 Å². The first kappa shape index (κ1) is 21.2. The summed E-state index contributed by atoms with van der Waals surface area (Å²) in [4.78, 5) is 38.1. The third-order valence-corrected chi connectivity index (χ3v) is 5.93. The highest BCUT2D eigenvalue weighted by molar-refractivity contribution is 8.26. The lowest BCUT2D eigenvalue weighted by Gasteiger charge is -2.14. The maximum absolute atomic E-state index is 12.6. The van der Waals surface area contributed by atoms with E-state index < -0.39 is 0 Å². The van der Waals surface area contributed by atoms with Gasteiger partial charge in [0, 0.05) is 29.2 Å². The van der Waals surface area contributed by atoms with Crippen LogP contribution in [0.2, 0.25) is 5.02 Å². The van der Waals surface area contributed by atoms with Gasteiger partial charge in [-0.15, -0.1) is 0 Å². The number of amides is 2. The van der Waals surface area contributed by atoms with Crippen LogP contribution in [0.1, 0.15) is 29.3 Å². The highest BCUT2D eigenvalue weighted by atomic mass is 35.5. The van der Waals surface area contributed by atoms with Crippen LogP contribution in [0.15, 0.2) is 53.4 Å². The molecule has 3 rings (SSSR count). The Kier molecular flexibility index (Phi) is 6.84. The summed E-state index contributed by atoms with van der Waals surface area (Å²) in [5, 5.41) is 3.30. The molecule has 0 unspecified atom stereocenters. The summed E-state index contributed by atoms with van der Waals surface area (Å²) >= 11 is 12.6. The zero-order chi connectivity index (χ0) is 21.0. The molecule has 1 aliphatic heterocycles. The maximum atomic E-state index is 12.6. The Morgan fingerprint density at radius 3 is 2.52 bits per heavy atom. The van der Waals surface area contributed by atoms with Crippen LogP contribution in [-0.4, -0.2) is 33.4 Å². The van der Waals surface area contributed by atoms with Gasteiger partial charge in [0.15, 0.2) is 5.78 Å². The van der Waals surface area contributed by atoms with E-state index in [1.807, 2.05) is 18.2 Å². The van der Waals surface area contributed by atoms with Crippen molar-refractivity contribution in [3.8, 4) is 0 Å². The van der Waals surface area contributed by atoms with Crippen LogP contribution < -0.4 is 5.32 Å². The summed E-state index contributed by atoms with van der Waals surface area (Å²) in [6.45, 7) is 1.66. The van der Waals surface area contributed by atoms with Crippen molar-refractivity contribution in [2.24, 2.45) is 0 Å². The van der Waals surface area contributed by atoms with Crippen LogP contribution in [0.5, 0.6) is 0 Å². The van der Waals surface area contributed by atoms with Gasteiger partial charge in [-0.05, 0) is 48.9 Å². The zero-order valence-corrected chi connectivity index (χ0v) is 17.9. The van der Waals surface area contributed by atoms with E-state index in [-0.39, 0.29) is 30.6 Å². The van der Waals surface area contributed by atoms with Gasteiger partial charge in [0.1, 0.15) is 4.32 Å². The van der Waals surface area contributed by atoms with Crippen LogP contribution in [0, 0.1) is 0 Å². The number of thiocarbonyl (C=S) groups is 1. The molecule has 1 heterocycles. The summed E-state index contributed by atoms with van der Waals surface area (Å²) < 4.78 is 0.409. The zero-order valence-electron chi connectivity index (χ0n) is 15.5. The minimum absolute atomic E-state index is 0.0397. The second kappa shape index (κ2) is 9.35. The van der Waals surface area contributed by atoms with E-state index in [4.69, 9.17) is 23.8 Å². The third kappa shape index (κ3) is 5.32. The quantitative estimate of drug-likeness (QED) is 0.395. The van der Waals surface area contributed by atoms with Gasteiger partial charge in [-0.1, -0.05) is 53.8 Å². The van der Waals surface area contributed by atoms with Gasteiger partial charge >= 0.3 is 0 Å². The van der Waals surface area contributed by atoms with Crippen LogP contribution >= 0.6 is 35.6 Å². The highest BCUT2D eigenvalue weighted by Gasteiger charge is 2.32. The van der Waals surface area contributed by atoms with Gasteiger partial charge in [0.2, 0.25) is 5.91 Å². The number of hydrogen-bond acceptors (Lipinski definition) is 5. The standard InChI is InChI=1S/C21H17ClN2O3S2/c1-13(25)14-6-8-16(9-7-14)23-19(26)10-11-24-20(27)18(29-21(24)28)12-15-4-2-3-5-17(15)22/h2-9,12H,10-11H2,1H3,(H,23,26). The molecule has 0 atom stereocenters. The Hall–Kier alpha value is -2.48. The Morgan fingerprint density at radius 2 is 1.86 bits per heavy atom. The van der Waals surface area contributed by atoms with Crippen LogP contribution in [0.3, 0.4) is 0 Å². The Bertz CT molecular complexity index is 1020. The molecule has 1 saturated heterocycles. The average Bonchev–Trinajstić information content (AvgIpc) is 2.95. The number of hydrogen-bond donors (Lipinski definition) is 1. The molecule has 8 heteroatoms. The first-order chi connectivity index (χ1) is 13.8. The SMILES string of the molecule is CC(=O)c1ccc(NC(=O)CCN2C(=O)C(=Cc3ccccc3Cl)SC2=S)cc1. The first-order valence-corrected chi connectivity index (χ1v) is 10.4. The number of halogens is 1. The van der Waals surface area contributed by atoms with Crippen LogP contribution in [0.4, 0.5) is 5.69 Å². The summed E-state index contributed by atoms with van der Waals surface area (Å²) in [6.07, 6.45) is 1.80. The van der Waals surface area contributed by atoms with Crippen LogP contribution in [0.25, 0.3) is 6.08 Å². The predicted octanol–water partition coefficient (Wildman–Crippen LogP) is 4.77. The van der Waals surface area contributed by atoms with E-state index >= 15 is 0 Å². The fourth-order valence-electron chi connectivity index (χ4n) is 2.65. The highest BCUT2D eigenvalue weighted by Crippen LogP contribution is 2.33. The summed E-state index contributed by atoms with van der Waals surface area (Å²) in [5.41, 5.74) is 1.90. The summed E-state index contributed by atoms with van der Waals surface area (Å²) in [6, 6.07) is 13.9. The lowest BCUT2D eigenvalue weighted by atomic mass is 10.1. The minimum Gasteiger partial charge on any atom is -0.326 e. The molecule has 5 nitrogen and oxygen atoms in total. The number of ketones is 1. The van der Waals surface area contributed by atoms with Crippen molar-refractivity contribution in [1.29, 1.82) is 0 Å². The molecule has 2 aromatic rings. The second-order valence-electron chi connectivity index (χ2n) is 6.29. The number of carbonyl (C=O) groups is 3. The lowest BCUT2D eigenvalue weighted by Crippen LogP contribution is -2.31. The van der Waals surface area contributed by atoms with Crippen molar-refractivity contribution in [2.45, 2.75) is 13.3 Å². The number of nitrogens with one attached hydrogen (secondary N) is 1. The van der Waals surface area contributed by atoms with Gasteiger partial charge in [0.25, 0.3) is 5.91 Å². The third-order valence-electron chi connectivity index (χ3n) is 4.20. The molecule has 0 radical (unpaired) electrons. The topological polar surface area (TPSA) is 66.5 Å². The molecule has 0 aliphatic carbocycles. The monoisotopic (exact) mass is 444 g/mol. The Labute approximate surface area is 183 Å². The Balaban J connectivity index is 1.59. The number of anilines is 1. The van der Waals surface area contributed by atoms with Crippen molar-refractivity contribution in [2.75, 3.05) is 11.9 Å². The molecule has 1 aliphatic rings. The molecule has 2 amide bonds. The van der Waals surface area contributed by atoms with Crippen molar-refractivity contribution >= 4 is 69.3 Å². The second-order valence-corrected chi connectivity index (χ2v) is 8.37. The minimum atomic E-state index is -0.246. The molecule has 29 heavy (non-hydrogen) atoms. The van der Waals surface area contributed by atoms with E-state index in [2.05, 4.69) is 5.32 Å². The van der Waals surface area contributed by atoms with E-state index in [0.29, 0.717) is 25.5 Å². The molecule has 0 spiro atoms. The number of carbonyl (C=O) groups excluding carboxylic acids is 3. The lowest BCUT2D eigenvalue weighted by molar-refractivity contribution is -0.122. The number of thioether (sulfide) groups is 1. The van der Waals surface area contributed by atoms with Crippen LogP contribution in [-0.2, 0) is 9.59 Å².